The molecule has 4 amide bonds. The molecule has 0 bridgehead atoms. The number of ether oxygens (including phenoxy) is 1. The number of para-hydroxylation sites is 1. The Bertz CT molecular complexity index is 1410. The number of aliphatic hydroxyl groups is 1. The molecule has 4 rings (SSSR count). The Kier molecular flexibility index (Phi) is 12.6. The number of carbonyl (C=O) groups is 3. The molecule has 1 aliphatic rings. The molecule has 1 fully saturated rings. The van der Waals surface area contributed by atoms with Gasteiger partial charge in [-0.05, 0) is 67.7 Å². The molecule has 3 aromatic rings. The highest BCUT2D eigenvalue weighted by Gasteiger charge is 2.35. The Labute approximate surface area is 272 Å². The number of aliphatic hydroxyl groups excluding tert-OH is 1. The van der Waals surface area contributed by atoms with E-state index < -0.39 is 24.2 Å². The maximum absolute atomic E-state index is 13.8. The van der Waals surface area contributed by atoms with E-state index in [1.165, 1.54) is 0 Å². The molecule has 3 unspecified atom stereocenters. The minimum atomic E-state index is -0.992. The van der Waals surface area contributed by atoms with Gasteiger partial charge in [-0.15, -0.1) is 0 Å². The predicted molar refractivity (Wildman–Crippen MR) is 180 cm³/mol. The molecular formula is C37H48N4O5. The van der Waals surface area contributed by atoms with E-state index >= 15 is 0 Å². The number of aryl methyl sites for hydroxylation is 2. The molecule has 1 saturated heterocycles. The standard InChI is InChI=1S/C37H48N4O5/c1-25(2)34(41-20-12-19-38-37(41)45)36(44)39-30(21-28-15-7-5-8-16-28)23-32(42)31(22-29-17-9-6-10-18-29)40-33(43)24-46-35-26(3)13-11-14-27(35)4/h5-11,13-18,25,30-32,34,42H,12,19-24H2,1-4H3,(H,38,45)(H,39,44)(H,40,43)/t30?,31-,32?,34?/m0/s1. The number of amides is 4. The number of nitrogens with zero attached hydrogens (tertiary/aromatic N) is 1. The van der Waals surface area contributed by atoms with Crippen LogP contribution in [0.2, 0.25) is 0 Å². The van der Waals surface area contributed by atoms with E-state index in [0.29, 0.717) is 31.7 Å². The van der Waals surface area contributed by atoms with Gasteiger partial charge in [0.15, 0.2) is 6.61 Å². The summed E-state index contributed by atoms with van der Waals surface area (Å²) in [5.41, 5.74) is 3.84. The Morgan fingerprint density at radius 2 is 1.50 bits per heavy atom. The summed E-state index contributed by atoms with van der Waals surface area (Å²) >= 11 is 0. The number of carbonyl (C=O) groups excluding carboxylic acids is 3. The normalized spacial score (nSPS) is 15.8. The van der Waals surface area contributed by atoms with E-state index in [1.807, 2.05) is 107 Å². The SMILES string of the molecule is Cc1cccc(C)c1OCC(=O)N[C@@H](Cc1ccccc1)C(O)CC(Cc1ccccc1)NC(=O)C(C(C)C)N1CCCNC1=O. The average Bonchev–Trinajstić information content (AvgIpc) is 3.02. The van der Waals surface area contributed by atoms with Crippen molar-refractivity contribution in [2.75, 3.05) is 19.7 Å². The monoisotopic (exact) mass is 628 g/mol. The molecule has 46 heavy (non-hydrogen) atoms. The summed E-state index contributed by atoms with van der Waals surface area (Å²) in [7, 11) is 0. The molecule has 0 aromatic heterocycles. The highest BCUT2D eigenvalue weighted by Crippen LogP contribution is 2.22. The minimum absolute atomic E-state index is 0.117. The third-order valence-electron chi connectivity index (χ3n) is 8.41. The Morgan fingerprint density at radius 1 is 0.891 bits per heavy atom. The Balaban J connectivity index is 1.52. The molecule has 1 aliphatic heterocycles. The van der Waals surface area contributed by atoms with Gasteiger partial charge in [0, 0.05) is 19.1 Å². The van der Waals surface area contributed by atoms with Crippen LogP contribution < -0.4 is 20.7 Å². The molecule has 4 atom stereocenters. The molecule has 1 heterocycles. The number of benzene rings is 3. The molecular weight excluding hydrogens is 580 g/mol. The van der Waals surface area contributed by atoms with Crippen LogP contribution in [0.1, 0.15) is 48.9 Å². The lowest BCUT2D eigenvalue weighted by atomic mass is 9.92. The van der Waals surface area contributed by atoms with Crippen molar-refractivity contribution in [1.82, 2.24) is 20.9 Å². The van der Waals surface area contributed by atoms with E-state index in [9.17, 15) is 19.5 Å². The summed E-state index contributed by atoms with van der Waals surface area (Å²) in [5.74, 6) is -0.0493. The maximum atomic E-state index is 13.8. The van der Waals surface area contributed by atoms with Crippen LogP contribution in [0.5, 0.6) is 5.75 Å². The number of nitrogens with one attached hydrogen (secondary N) is 3. The molecule has 0 saturated carbocycles. The van der Waals surface area contributed by atoms with Crippen LogP contribution in [0.15, 0.2) is 78.9 Å². The van der Waals surface area contributed by atoms with Crippen molar-refractivity contribution >= 4 is 17.8 Å². The first-order valence-electron chi connectivity index (χ1n) is 16.2. The fraction of sp³-hybridized carbons (Fsp3) is 0.432. The summed E-state index contributed by atoms with van der Waals surface area (Å²) in [6, 6.07) is 23.3. The van der Waals surface area contributed by atoms with Crippen LogP contribution in [0.25, 0.3) is 0 Å². The first kappa shape index (κ1) is 34.5. The summed E-state index contributed by atoms with van der Waals surface area (Å²) in [4.78, 5) is 41.3. The van der Waals surface area contributed by atoms with Gasteiger partial charge in [0.25, 0.3) is 5.91 Å². The van der Waals surface area contributed by atoms with E-state index in [0.717, 1.165) is 28.7 Å². The van der Waals surface area contributed by atoms with Crippen molar-refractivity contribution in [3.63, 3.8) is 0 Å². The van der Waals surface area contributed by atoms with Gasteiger partial charge in [0.2, 0.25) is 5.91 Å². The molecule has 0 aliphatic carbocycles. The van der Waals surface area contributed by atoms with E-state index in [1.54, 1.807) is 4.90 Å². The number of hydrogen-bond acceptors (Lipinski definition) is 5. The van der Waals surface area contributed by atoms with Gasteiger partial charge in [-0.25, -0.2) is 4.79 Å². The molecule has 0 spiro atoms. The number of hydrogen-bond donors (Lipinski definition) is 4. The van der Waals surface area contributed by atoms with Crippen LogP contribution in [-0.4, -0.2) is 71.8 Å². The molecule has 246 valence electrons. The fourth-order valence-electron chi connectivity index (χ4n) is 6.12. The maximum Gasteiger partial charge on any atom is 0.318 e. The zero-order valence-corrected chi connectivity index (χ0v) is 27.4. The smallest absolute Gasteiger partial charge is 0.318 e. The highest BCUT2D eigenvalue weighted by atomic mass is 16.5. The zero-order valence-electron chi connectivity index (χ0n) is 27.4. The first-order valence-corrected chi connectivity index (χ1v) is 16.2. The van der Waals surface area contributed by atoms with Crippen LogP contribution in [-0.2, 0) is 22.4 Å². The lowest BCUT2D eigenvalue weighted by Gasteiger charge is -2.37. The van der Waals surface area contributed by atoms with Crippen LogP contribution in [0.4, 0.5) is 4.79 Å². The van der Waals surface area contributed by atoms with Gasteiger partial charge in [0.1, 0.15) is 11.8 Å². The molecule has 4 N–H and O–H groups in total. The molecule has 9 nitrogen and oxygen atoms in total. The minimum Gasteiger partial charge on any atom is -0.483 e. The lowest BCUT2D eigenvalue weighted by Crippen LogP contribution is -2.59. The second kappa shape index (κ2) is 16.8. The lowest BCUT2D eigenvalue weighted by molar-refractivity contribution is -0.128. The van der Waals surface area contributed by atoms with Gasteiger partial charge in [-0.2, -0.15) is 0 Å². The third kappa shape index (κ3) is 9.81. The Hall–Kier alpha value is -4.37. The largest absolute Gasteiger partial charge is 0.483 e. The zero-order chi connectivity index (χ0) is 33.1. The second-order valence-corrected chi connectivity index (χ2v) is 12.5. The van der Waals surface area contributed by atoms with E-state index in [2.05, 4.69) is 16.0 Å². The van der Waals surface area contributed by atoms with E-state index in [-0.39, 0.29) is 36.8 Å². The number of urea groups is 1. The van der Waals surface area contributed by atoms with Crippen molar-refractivity contribution in [3.8, 4) is 5.75 Å². The quantitative estimate of drug-likeness (QED) is 0.200. The van der Waals surface area contributed by atoms with Crippen molar-refractivity contribution < 1.29 is 24.2 Å². The topological polar surface area (TPSA) is 120 Å². The summed E-state index contributed by atoms with van der Waals surface area (Å²) in [6.07, 6.45) is 0.831. The molecule has 3 aromatic carbocycles. The predicted octanol–water partition coefficient (Wildman–Crippen LogP) is 4.33. The number of rotatable bonds is 15. The fourth-order valence-corrected chi connectivity index (χ4v) is 6.12. The van der Waals surface area contributed by atoms with Crippen molar-refractivity contribution in [1.29, 1.82) is 0 Å². The second-order valence-electron chi connectivity index (χ2n) is 12.5. The summed E-state index contributed by atoms with van der Waals surface area (Å²) in [5, 5.41) is 20.7. The van der Waals surface area contributed by atoms with Gasteiger partial charge < -0.3 is 30.7 Å². The van der Waals surface area contributed by atoms with E-state index in [4.69, 9.17) is 4.74 Å². The van der Waals surface area contributed by atoms with Gasteiger partial charge in [-0.3, -0.25) is 9.59 Å². The molecule has 9 heteroatoms. The van der Waals surface area contributed by atoms with Crippen LogP contribution in [0, 0.1) is 19.8 Å². The van der Waals surface area contributed by atoms with Crippen molar-refractivity contribution in [2.45, 2.75) is 77.6 Å². The van der Waals surface area contributed by atoms with Crippen molar-refractivity contribution in [3.05, 3.63) is 101 Å². The third-order valence-corrected chi connectivity index (χ3v) is 8.41. The van der Waals surface area contributed by atoms with Gasteiger partial charge in [-0.1, -0.05) is 92.7 Å². The van der Waals surface area contributed by atoms with Crippen molar-refractivity contribution in [2.24, 2.45) is 5.92 Å². The van der Waals surface area contributed by atoms with Gasteiger partial charge >= 0.3 is 6.03 Å². The van der Waals surface area contributed by atoms with Crippen LogP contribution in [0.3, 0.4) is 0 Å². The Morgan fingerprint density at radius 3 is 2.09 bits per heavy atom. The average molecular weight is 629 g/mol. The summed E-state index contributed by atoms with van der Waals surface area (Å²) < 4.78 is 5.90. The summed E-state index contributed by atoms with van der Waals surface area (Å²) in [6.45, 7) is 8.63. The first-order chi connectivity index (χ1) is 22.1. The van der Waals surface area contributed by atoms with Crippen LogP contribution >= 0.6 is 0 Å². The highest BCUT2D eigenvalue weighted by molar-refractivity contribution is 5.87. The van der Waals surface area contributed by atoms with Gasteiger partial charge in [0.05, 0.1) is 12.1 Å². The molecule has 0 radical (unpaired) electrons.